The molecule has 0 aromatic carbocycles. The highest BCUT2D eigenvalue weighted by Gasteiger charge is 2.22. The second kappa shape index (κ2) is 5.61. The molecule has 1 unspecified atom stereocenters. The van der Waals surface area contributed by atoms with Crippen LogP contribution in [0.15, 0.2) is 0 Å². The molecule has 0 radical (unpaired) electrons. The monoisotopic (exact) mass is 170 g/mol. The Bertz CT molecular complexity index is 103. The zero-order valence-corrected chi connectivity index (χ0v) is 9.61. The van der Waals surface area contributed by atoms with Gasteiger partial charge >= 0.3 is 0 Å². The summed E-state index contributed by atoms with van der Waals surface area (Å²) in [6, 6.07) is 0. The van der Waals surface area contributed by atoms with Gasteiger partial charge in [0.05, 0.1) is 0 Å². The van der Waals surface area contributed by atoms with Gasteiger partial charge in [0.1, 0.15) is 0 Å². The molecule has 0 amide bonds. The number of hydrogen-bond acceptors (Lipinski definition) is 0. The topological polar surface area (TPSA) is 0 Å². The summed E-state index contributed by atoms with van der Waals surface area (Å²) in [6.07, 6.45) is 6.89. The molecule has 0 N–H and O–H groups in total. The number of unbranched alkanes of at least 4 members (excludes halogenated alkanes) is 2. The van der Waals surface area contributed by atoms with Crippen molar-refractivity contribution in [3.05, 3.63) is 0 Å². The van der Waals surface area contributed by atoms with Gasteiger partial charge in [-0.3, -0.25) is 0 Å². The van der Waals surface area contributed by atoms with E-state index in [9.17, 15) is 0 Å². The predicted molar refractivity (Wildman–Crippen MR) is 57.4 cm³/mol. The summed E-state index contributed by atoms with van der Waals surface area (Å²) in [5.41, 5.74) is 0.549. The maximum Gasteiger partial charge on any atom is -0.0331 e. The summed E-state index contributed by atoms with van der Waals surface area (Å²) in [5.74, 6) is 0.883. The van der Waals surface area contributed by atoms with Gasteiger partial charge in [0.25, 0.3) is 0 Å². The SMILES string of the molecule is CCCCCC(C)C(C)(C)CC. The van der Waals surface area contributed by atoms with E-state index >= 15 is 0 Å². The lowest BCUT2D eigenvalue weighted by Gasteiger charge is -2.30. The van der Waals surface area contributed by atoms with Crippen molar-refractivity contribution in [3.63, 3.8) is 0 Å². The minimum absolute atomic E-state index is 0.549. The maximum absolute atomic E-state index is 2.40. The van der Waals surface area contributed by atoms with E-state index in [0.29, 0.717) is 5.41 Å². The molecule has 0 aromatic rings. The number of hydrogen-bond donors (Lipinski definition) is 0. The molecule has 0 saturated carbocycles. The predicted octanol–water partition coefficient (Wildman–Crippen LogP) is 4.64. The van der Waals surface area contributed by atoms with Crippen molar-refractivity contribution >= 4 is 0 Å². The van der Waals surface area contributed by atoms with Crippen LogP contribution in [0.2, 0.25) is 0 Å². The van der Waals surface area contributed by atoms with E-state index in [1.165, 1.54) is 32.1 Å². The smallest absolute Gasteiger partial charge is 0.0331 e. The first-order valence-electron chi connectivity index (χ1n) is 5.54. The first-order chi connectivity index (χ1) is 5.54. The summed E-state index contributed by atoms with van der Waals surface area (Å²) in [4.78, 5) is 0. The van der Waals surface area contributed by atoms with Crippen molar-refractivity contribution in [3.8, 4) is 0 Å². The van der Waals surface area contributed by atoms with Gasteiger partial charge < -0.3 is 0 Å². The van der Waals surface area contributed by atoms with Gasteiger partial charge in [-0.25, -0.2) is 0 Å². The average Bonchev–Trinajstić information content (AvgIpc) is 2.05. The maximum atomic E-state index is 2.40. The van der Waals surface area contributed by atoms with Crippen LogP contribution in [0, 0.1) is 11.3 Å². The Morgan fingerprint density at radius 2 is 1.67 bits per heavy atom. The second-order valence-electron chi connectivity index (χ2n) is 4.74. The molecule has 74 valence electrons. The van der Waals surface area contributed by atoms with E-state index in [4.69, 9.17) is 0 Å². The lowest BCUT2D eigenvalue weighted by Crippen LogP contribution is -2.20. The van der Waals surface area contributed by atoms with Gasteiger partial charge in [-0.2, -0.15) is 0 Å². The summed E-state index contributed by atoms with van der Waals surface area (Å²) in [5, 5.41) is 0. The first-order valence-corrected chi connectivity index (χ1v) is 5.54. The van der Waals surface area contributed by atoms with Crippen LogP contribution in [0.3, 0.4) is 0 Å². The third-order valence-corrected chi connectivity index (χ3v) is 3.49. The third kappa shape index (κ3) is 4.13. The van der Waals surface area contributed by atoms with E-state index in [-0.39, 0.29) is 0 Å². The molecule has 0 rings (SSSR count). The fraction of sp³-hybridized carbons (Fsp3) is 1.00. The van der Waals surface area contributed by atoms with Gasteiger partial charge in [-0.1, -0.05) is 66.7 Å². The van der Waals surface area contributed by atoms with E-state index in [2.05, 4.69) is 34.6 Å². The largest absolute Gasteiger partial charge is 0.0654 e. The quantitative estimate of drug-likeness (QED) is 0.509. The molecule has 0 aliphatic heterocycles. The van der Waals surface area contributed by atoms with Crippen molar-refractivity contribution < 1.29 is 0 Å². The van der Waals surface area contributed by atoms with Crippen LogP contribution in [-0.2, 0) is 0 Å². The Kier molecular flexibility index (Phi) is 5.61. The molecule has 1 atom stereocenters. The van der Waals surface area contributed by atoms with Gasteiger partial charge in [-0.05, 0) is 11.3 Å². The van der Waals surface area contributed by atoms with Crippen LogP contribution in [0.1, 0.15) is 66.7 Å². The molecule has 0 fully saturated rings. The van der Waals surface area contributed by atoms with E-state index in [1.807, 2.05) is 0 Å². The van der Waals surface area contributed by atoms with Crippen LogP contribution in [0.5, 0.6) is 0 Å². The third-order valence-electron chi connectivity index (χ3n) is 3.49. The van der Waals surface area contributed by atoms with Gasteiger partial charge in [-0.15, -0.1) is 0 Å². The van der Waals surface area contributed by atoms with E-state index < -0.39 is 0 Å². The standard InChI is InChI=1S/C12H26/c1-6-8-9-10-11(3)12(4,5)7-2/h11H,6-10H2,1-5H3. The Labute approximate surface area is 78.8 Å². The molecule has 0 aromatic heterocycles. The molecular formula is C12H26. The van der Waals surface area contributed by atoms with Crippen molar-refractivity contribution in [2.24, 2.45) is 11.3 Å². The van der Waals surface area contributed by atoms with Crippen molar-refractivity contribution in [2.75, 3.05) is 0 Å². The van der Waals surface area contributed by atoms with Crippen LogP contribution < -0.4 is 0 Å². The van der Waals surface area contributed by atoms with Crippen LogP contribution >= 0.6 is 0 Å². The van der Waals surface area contributed by atoms with Crippen molar-refractivity contribution in [1.82, 2.24) is 0 Å². The molecule has 0 heteroatoms. The average molecular weight is 170 g/mol. The molecule has 0 aliphatic carbocycles. The zero-order valence-electron chi connectivity index (χ0n) is 9.61. The summed E-state index contributed by atoms with van der Waals surface area (Å²) < 4.78 is 0. The van der Waals surface area contributed by atoms with Crippen molar-refractivity contribution in [2.45, 2.75) is 66.7 Å². The van der Waals surface area contributed by atoms with Crippen molar-refractivity contribution in [1.29, 1.82) is 0 Å². The highest BCUT2D eigenvalue weighted by Crippen LogP contribution is 2.33. The molecule has 0 spiro atoms. The Hall–Kier alpha value is 0. The molecule has 0 nitrogen and oxygen atoms in total. The molecule has 12 heavy (non-hydrogen) atoms. The van der Waals surface area contributed by atoms with Crippen LogP contribution in [-0.4, -0.2) is 0 Å². The highest BCUT2D eigenvalue weighted by molar-refractivity contribution is 4.73. The highest BCUT2D eigenvalue weighted by atomic mass is 14.3. The molecular weight excluding hydrogens is 144 g/mol. The molecule has 0 bridgehead atoms. The summed E-state index contributed by atoms with van der Waals surface area (Å²) in [7, 11) is 0. The van der Waals surface area contributed by atoms with Gasteiger partial charge in [0.2, 0.25) is 0 Å². The molecule has 0 heterocycles. The van der Waals surface area contributed by atoms with Crippen LogP contribution in [0.25, 0.3) is 0 Å². The summed E-state index contributed by atoms with van der Waals surface area (Å²) in [6.45, 7) is 11.8. The molecule has 0 aliphatic rings. The lowest BCUT2D eigenvalue weighted by molar-refractivity contribution is 0.205. The summed E-state index contributed by atoms with van der Waals surface area (Å²) >= 11 is 0. The first kappa shape index (κ1) is 12.0. The minimum Gasteiger partial charge on any atom is -0.0654 e. The molecule has 0 saturated heterocycles. The lowest BCUT2D eigenvalue weighted by atomic mass is 9.75. The Morgan fingerprint density at radius 1 is 1.08 bits per heavy atom. The zero-order chi connectivity index (χ0) is 9.61. The van der Waals surface area contributed by atoms with E-state index in [0.717, 1.165) is 5.92 Å². The Balaban J connectivity index is 3.63. The fourth-order valence-corrected chi connectivity index (χ4v) is 1.44. The van der Waals surface area contributed by atoms with Crippen LogP contribution in [0.4, 0.5) is 0 Å². The fourth-order valence-electron chi connectivity index (χ4n) is 1.44. The van der Waals surface area contributed by atoms with Gasteiger partial charge in [0.15, 0.2) is 0 Å². The normalized spacial score (nSPS) is 14.8. The van der Waals surface area contributed by atoms with Gasteiger partial charge in [0, 0.05) is 0 Å². The Morgan fingerprint density at radius 3 is 2.08 bits per heavy atom. The minimum atomic E-state index is 0.549. The number of rotatable bonds is 6. The van der Waals surface area contributed by atoms with E-state index in [1.54, 1.807) is 0 Å². The second-order valence-corrected chi connectivity index (χ2v) is 4.74.